The zero-order valence-corrected chi connectivity index (χ0v) is 11.9. The molecule has 0 bridgehead atoms. The molecule has 0 amide bonds. The Kier molecular flexibility index (Phi) is 6.32. The van der Waals surface area contributed by atoms with Gasteiger partial charge in [0.05, 0.1) is 4.90 Å². The van der Waals surface area contributed by atoms with Crippen molar-refractivity contribution < 1.29 is 8.42 Å². The van der Waals surface area contributed by atoms with Crippen LogP contribution >= 0.6 is 0 Å². The van der Waals surface area contributed by atoms with Gasteiger partial charge >= 0.3 is 0 Å². The van der Waals surface area contributed by atoms with Crippen LogP contribution in [0.3, 0.4) is 0 Å². The average Bonchev–Trinajstić information content (AvgIpc) is 2.37. The van der Waals surface area contributed by atoms with Crippen molar-refractivity contribution in [3.05, 3.63) is 29.8 Å². The van der Waals surface area contributed by atoms with E-state index in [-0.39, 0.29) is 0 Å². The predicted molar refractivity (Wildman–Crippen MR) is 73.9 cm³/mol. The number of rotatable bonds is 8. The van der Waals surface area contributed by atoms with Gasteiger partial charge in [-0.2, -0.15) is 0 Å². The summed E-state index contributed by atoms with van der Waals surface area (Å²) in [7, 11) is -3.38. The number of hydrogen-bond donors (Lipinski definition) is 2. The third kappa shape index (κ3) is 4.40. The Morgan fingerprint density at radius 2 is 1.89 bits per heavy atom. The minimum atomic E-state index is -3.38. The highest BCUT2D eigenvalue weighted by Crippen LogP contribution is 2.15. The Balaban J connectivity index is 2.86. The minimum absolute atomic E-state index is 0.377. The molecule has 5 heteroatoms. The Bertz CT molecular complexity index is 458. The fourth-order valence-electron chi connectivity index (χ4n) is 1.63. The van der Waals surface area contributed by atoms with Gasteiger partial charge in [0, 0.05) is 13.1 Å². The van der Waals surface area contributed by atoms with Crippen molar-refractivity contribution in [3.63, 3.8) is 0 Å². The first-order valence-corrected chi connectivity index (χ1v) is 7.88. The van der Waals surface area contributed by atoms with Crippen molar-refractivity contribution in [1.82, 2.24) is 10.0 Å². The second-order valence-electron chi connectivity index (χ2n) is 4.14. The summed E-state index contributed by atoms with van der Waals surface area (Å²) in [5.41, 5.74) is 0.809. The number of sulfonamides is 1. The zero-order valence-electron chi connectivity index (χ0n) is 11.1. The Morgan fingerprint density at radius 3 is 2.56 bits per heavy atom. The van der Waals surface area contributed by atoms with E-state index in [1.807, 2.05) is 26.0 Å². The van der Waals surface area contributed by atoms with Crippen molar-refractivity contribution in [3.8, 4) is 0 Å². The molecule has 18 heavy (non-hydrogen) atoms. The Labute approximate surface area is 110 Å². The van der Waals surface area contributed by atoms with Gasteiger partial charge in [-0.15, -0.1) is 0 Å². The van der Waals surface area contributed by atoms with Crippen LogP contribution in [-0.4, -0.2) is 21.5 Å². The maximum absolute atomic E-state index is 12.2. The van der Waals surface area contributed by atoms with Gasteiger partial charge in [-0.3, -0.25) is 0 Å². The maximum Gasteiger partial charge on any atom is 0.240 e. The van der Waals surface area contributed by atoms with Gasteiger partial charge in [0.15, 0.2) is 0 Å². The van der Waals surface area contributed by atoms with E-state index in [1.165, 1.54) is 0 Å². The summed E-state index contributed by atoms with van der Waals surface area (Å²) < 4.78 is 26.9. The molecule has 0 aromatic heterocycles. The monoisotopic (exact) mass is 270 g/mol. The fourth-order valence-corrected chi connectivity index (χ4v) is 2.94. The second-order valence-corrected chi connectivity index (χ2v) is 5.87. The number of unbranched alkanes of at least 4 members (excludes halogenated alkanes) is 1. The maximum atomic E-state index is 12.2. The van der Waals surface area contributed by atoms with Crippen molar-refractivity contribution in [2.75, 3.05) is 13.1 Å². The molecule has 0 aliphatic rings. The van der Waals surface area contributed by atoms with Crippen LogP contribution in [0.25, 0.3) is 0 Å². The molecular formula is C13H22N2O2S. The molecule has 0 fully saturated rings. The van der Waals surface area contributed by atoms with E-state index in [2.05, 4.69) is 10.0 Å². The zero-order chi connectivity index (χ0) is 13.4. The molecule has 0 spiro atoms. The van der Waals surface area contributed by atoms with Crippen molar-refractivity contribution in [1.29, 1.82) is 0 Å². The fraction of sp³-hybridized carbons (Fsp3) is 0.538. The van der Waals surface area contributed by atoms with Crippen LogP contribution in [0.15, 0.2) is 29.2 Å². The van der Waals surface area contributed by atoms with Crippen molar-refractivity contribution in [2.24, 2.45) is 0 Å². The Hall–Kier alpha value is -0.910. The summed E-state index contributed by atoms with van der Waals surface area (Å²) in [6, 6.07) is 7.11. The van der Waals surface area contributed by atoms with Gasteiger partial charge in [0.2, 0.25) is 10.0 Å². The summed E-state index contributed by atoms with van der Waals surface area (Å²) in [4.78, 5) is 0.377. The van der Waals surface area contributed by atoms with Gasteiger partial charge < -0.3 is 5.32 Å². The molecule has 0 aliphatic heterocycles. The van der Waals surface area contributed by atoms with Crippen LogP contribution in [0.2, 0.25) is 0 Å². The van der Waals surface area contributed by atoms with E-state index in [0.29, 0.717) is 18.0 Å². The smallest absolute Gasteiger partial charge is 0.240 e. The molecule has 0 radical (unpaired) electrons. The first-order chi connectivity index (χ1) is 8.61. The first kappa shape index (κ1) is 15.1. The molecule has 2 N–H and O–H groups in total. The largest absolute Gasteiger partial charge is 0.313 e. The highest BCUT2D eigenvalue weighted by molar-refractivity contribution is 7.89. The highest BCUT2D eigenvalue weighted by Gasteiger charge is 2.16. The lowest BCUT2D eigenvalue weighted by molar-refractivity contribution is 0.576. The molecule has 1 rings (SSSR count). The number of benzene rings is 1. The lowest BCUT2D eigenvalue weighted by atomic mass is 10.2. The third-order valence-corrected chi connectivity index (χ3v) is 4.21. The third-order valence-electron chi connectivity index (χ3n) is 2.65. The molecule has 0 atom stereocenters. The standard InChI is InChI=1S/C13H22N2O2S/c1-3-5-10-15-18(16,17)13-9-7-6-8-12(13)11-14-4-2/h6-9,14-15H,3-5,10-11H2,1-2H3. The molecular weight excluding hydrogens is 248 g/mol. The average molecular weight is 270 g/mol. The van der Waals surface area contributed by atoms with Crippen LogP contribution in [0.4, 0.5) is 0 Å². The van der Waals surface area contributed by atoms with E-state index in [9.17, 15) is 8.42 Å². The van der Waals surface area contributed by atoms with Crippen LogP contribution in [0, 0.1) is 0 Å². The van der Waals surface area contributed by atoms with Gasteiger partial charge in [-0.1, -0.05) is 38.5 Å². The Morgan fingerprint density at radius 1 is 1.17 bits per heavy atom. The van der Waals surface area contributed by atoms with E-state index in [0.717, 1.165) is 24.9 Å². The van der Waals surface area contributed by atoms with Crippen LogP contribution < -0.4 is 10.0 Å². The SMILES string of the molecule is CCCCNS(=O)(=O)c1ccccc1CNCC. The van der Waals surface area contributed by atoms with Crippen molar-refractivity contribution >= 4 is 10.0 Å². The molecule has 0 saturated carbocycles. The summed E-state index contributed by atoms with van der Waals surface area (Å²) in [6.45, 7) is 5.91. The molecule has 4 nitrogen and oxygen atoms in total. The molecule has 102 valence electrons. The molecule has 0 aliphatic carbocycles. The van der Waals surface area contributed by atoms with Crippen LogP contribution in [-0.2, 0) is 16.6 Å². The highest BCUT2D eigenvalue weighted by atomic mass is 32.2. The van der Waals surface area contributed by atoms with Crippen molar-refractivity contribution in [2.45, 2.75) is 38.1 Å². The van der Waals surface area contributed by atoms with Crippen LogP contribution in [0.5, 0.6) is 0 Å². The van der Waals surface area contributed by atoms with Gasteiger partial charge in [0.1, 0.15) is 0 Å². The minimum Gasteiger partial charge on any atom is -0.313 e. The second kappa shape index (κ2) is 7.51. The normalized spacial score (nSPS) is 11.7. The summed E-state index contributed by atoms with van der Waals surface area (Å²) >= 11 is 0. The van der Waals surface area contributed by atoms with Gasteiger partial charge in [-0.05, 0) is 24.6 Å². The van der Waals surface area contributed by atoms with E-state index in [1.54, 1.807) is 12.1 Å². The number of hydrogen-bond acceptors (Lipinski definition) is 3. The molecule has 1 aromatic rings. The molecule has 0 heterocycles. The molecule has 0 saturated heterocycles. The van der Waals surface area contributed by atoms with E-state index >= 15 is 0 Å². The lowest BCUT2D eigenvalue weighted by Crippen LogP contribution is -2.26. The first-order valence-electron chi connectivity index (χ1n) is 6.40. The topological polar surface area (TPSA) is 58.2 Å². The lowest BCUT2D eigenvalue weighted by Gasteiger charge is -2.11. The summed E-state index contributed by atoms with van der Waals surface area (Å²) in [6.07, 6.45) is 1.83. The predicted octanol–water partition coefficient (Wildman–Crippen LogP) is 1.87. The molecule has 0 unspecified atom stereocenters. The van der Waals surface area contributed by atoms with Gasteiger partial charge in [-0.25, -0.2) is 13.1 Å². The van der Waals surface area contributed by atoms with Gasteiger partial charge in [0.25, 0.3) is 0 Å². The van der Waals surface area contributed by atoms with E-state index in [4.69, 9.17) is 0 Å². The number of nitrogens with one attached hydrogen (secondary N) is 2. The van der Waals surface area contributed by atoms with Crippen LogP contribution in [0.1, 0.15) is 32.3 Å². The summed E-state index contributed by atoms with van der Waals surface area (Å²) in [5.74, 6) is 0. The van der Waals surface area contributed by atoms with E-state index < -0.39 is 10.0 Å². The molecule has 1 aromatic carbocycles. The quantitative estimate of drug-likeness (QED) is 0.709. The summed E-state index contributed by atoms with van der Waals surface area (Å²) in [5, 5.41) is 3.15.